The standard InChI is InChI=1S/C17H19FN2O2S/c1-10-9-23-17(19-10)16(11-3-4-11)20-15(21)8-12-7-13(18)5-6-14(12)22-2/h5-7,9,11,16H,3-4,8H2,1-2H3,(H,20,21). The number of carbonyl (C=O) groups is 1. The maximum atomic E-state index is 13.4. The van der Waals surface area contributed by atoms with Crippen LogP contribution in [0.4, 0.5) is 4.39 Å². The van der Waals surface area contributed by atoms with Crippen LogP contribution in [0.15, 0.2) is 23.6 Å². The van der Waals surface area contributed by atoms with Gasteiger partial charge < -0.3 is 10.1 Å². The van der Waals surface area contributed by atoms with Crippen molar-refractivity contribution in [1.29, 1.82) is 0 Å². The number of benzene rings is 1. The van der Waals surface area contributed by atoms with E-state index in [9.17, 15) is 9.18 Å². The fourth-order valence-electron chi connectivity index (χ4n) is 2.61. The zero-order chi connectivity index (χ0) is 16.4. The SMILES string of the molecule is COc1ccc(F)cc1CC(=O)NC(c1nc(C)cs1)C1CC1. The van der Waals surface area contributed by atoms with Crippen molar-refractivity contribution in [2.24, 2.45) is 5.92 Å². The quantitative estimate of drug-likeness (QED) is 0.881. The van der Waals surface area contributed by atoms with E-state index in [1.54, 1.807) is 17.4 Å². The van der Waals surface area contributed by atoms with Crippen molar-refractivity contribution in [3.05, 3.63) is 45.7 Å². The predicted octanol–water partition coefficient (Wildman–Crippen LogP) is 3.41. The summed E-state index contributed by atoms with van der Waals surface area (Å²) >= 11 is 1.57. The molecule has 1 saturated carbocycles. The van der Waals surface area contributed by atoms with Crippen LogP contribution in [0.25, 0.3) is 0 Å². The third kappa shape index (κ3) is 3.88. The number of hydrogen-bond acceptors (Lipinski definition) is 4. The molecule has 23 heavy (non-hydrogen) atoms. The molecule has 3 rings (SSSR count). The van der Waals surface area contributed by atoms with Gasteiger partial charge in [-0.3, -0.25) is 4.79 Å². The molecule has 1 heterocycles. The normalized spacial score (nSPS) is 15.3. The number of methoxy groups -OCH3 is 1. The summed E-state index contributed by atoms with van der Waals surface area (Å²) in [5.74, 6) is 0.468. The lowest BCUT2D eigenvalue weighted by Gasteiger charge is -2.16. The minimum absolute atomic E-state index is 0.0410. The van der Waals surface area contributed by atoms with E-state index in [1.165, 1.54) is 19.2 Å². The summed E-state index contributed by atoms with van der Waals surface area (Å²) < 4.78 is 18.6. The Kier molecular flexibility index (Phi) is 4.61. The molecule has 122 valence electrons. The summed E-state index contributed by atoms with van der Waals surface area (Å²) in [5.41, 5.74) is 1.52. The van der Waals surface area contributed by atoms with Crippen LogP contribution in [0.1, 0.15) is 35.1 Å². The second-order valence-corrected chi connectivity index (χ2v) is 6.73. The Morgan fingerprint density at radius 1 is 1.52 bits per heavy atom. The number of aromatic nitrogens is 1. The molecule has 1 N–H and O–H groups in total. The van der Waals surface area contributed by atoms with Gasteiger partial charge in [0.2, 0.25) is 5.91 Å². The van der Waals surface area contributed by atoms with Gasteiger partial charge in [-0.05, 0) is 43.9 Å². The van der Waals surface area contributed by atoms with Crippen molar-refractivity contribution in [1.82, 2.24) is 10.3 Å². The molecule has 1 amide bonds. The first-order chi connectivity index (χ1) is 11.1. The molecule has 4 nitrogen and oxygen atoms in total. The van der Waals surface area contributed by atoms with Gasteiger partial charge in [-0.25, -0.2) is 9.37 Å². The van der Waals surface area contributed by atoms with Crippen molar-refractivity contribution in [3.8, 4) is 5.75 Å². The molecule has 0 radical (unpaired) electrons. The third-order valence-electron chi connectivity index (χ3n) is 3.91. The molecule has 1 unspecified atom stereocenters. The van der Waals surface area contributed by atoms with Gasteiger partial charge in [-0.1, -0.05) is 0 Å². The van der Waals surface area contributed by atoms with E-state index in [-0.39, 0.29) is 24.2 Å². The number of halogens is 1. The van der Waals surface area contributed by atoms with Gasteiger partial charge in [0.15, 0.2) is 0 Å². The Morgan fingerprint density at radius 3 is 2.91 bits per heavy atom. The van der Waals surface area contributed by atoms with E-state index in [4.69, 9.17) is 4.74 Å². The van der Waals surface area contributed by atoms with Gasteiger partial charge in [-0.2, -0.15) is 0 Å². The summed E-state index contributed by atoms with van der Waals surface area (Å²) in [6.45, 7) is 1.95. The number of aryl methyl sites for hydroxylation is 1. The molecule has 6 heteroatoms. The van der Waals surface area contributed by atoms with Gasteiger partial charge in [0.1, 0.15) is 16.6 Å². The third-order valence-corrected chi connectivity index (χ3v) is 4.95. The Morgan fingerprint density at radius 2 is 2.30 bits per heavy atom. The van der Waals surface area contributed by atoms with Gasteiger partial charge in [-0.15, -0.1) is 11.3 Å². The Balaban J connectivity index is 1.72. The highest BCUT2D eigenvalue weighted by molar-refractivity contribution is 7.09. The molecule has 0 bridgehead atoms. The van der Waals surface area contributed by atoms with Crippen LogP contribution in [-0.2, 0) is 11.2 Å². The van der Waals surface area contributed by atoms with Crippen LogP contribution in [0.3, 0.4) is 0 Å². The smallest absolute Gasteiger partial charge is 0.225 e. The lowest BCUT2D eigenvalue weighted by molar-refractivity contribution is -0.121. The molecule has 1 aromatic heterocycles. The number of carbonyl (C=O) groups excluding carboxylic acids is 1. The first kappa shape index (κ1) is 15.9. The fourth-order valence-corrected chi connectivity index (χ4v) is 3.55. The van der Waals surface area contributed by atoms with Crippen LogP contribution in [0.5, 0.6) is 5.75 Å². The van der Waals surface area contributed by atoms with Crippen LogP contribution in [0, 0.1) is 18.7 Å². The van der Waals surface area contributed by atoms with Crippen LogP contribution < -0.4 is 10.1 Å². The maximum absolute atomic E-state index is 13.4. The zero-order valence-corrected chi connectivity index (χ0v) is 14.0. The topological polar surface area (TPSA) is 51.2 Å². The molecule has 0 spiro atoms. The van der Waals surface area contributed by atoms with Crippen molar-refractivity contribution in [2.45, 2.75) is 32.2 Å². The number of hydrogen-bond donors (Lipinski definition) is 1. The highest BCUT2D eigenvalue weighted by atomic mass is 32.1. The lowest BCUT2D eigenvalue weighted by Crippen LogP contribution is -2.31. The van der Waals surface area contributed by atoms with Crippen molar-refractivity contribution in [3.63, 3.8) is 0 Å². The van der Waals surface area contributed by atoms with Crippen LogP contribution >= 0.6 is 11.3 Å². The summed E-state index contributed by atoms with van der Waals surface area (Å²) in [5, 5.41) is 6.00. The minimum Gasteiger partial charge on any atom is -0.496 e. The number of thiazole rings is 1. The average Bonchev–Trinajstić information content (AvgIpc) is 3.26. The van der Waals surface area contributed by atoms with E-state index in [0.717, 1.165) is 23.5 Å². The molecule has 1 aliphatic carbocycles. The van der Waals surface area contributed by atoms with Crippen LogP contribution in [0.2, 0.25) is 0 Å². The summed E-state index contributed by atoms with van der Waals surface area (Å²) in [4.78, 5) is 16.9. The van der Waals surface area contributed by atoms with E-state index in [1.807, 2.05) is 12.3 Å². The largest absolute Gasteiger partial charge is 0.496 e. The number of nitrogens with zero attached hydrogens (tertiary/aromatic N) is 1. The molecule has 0 aliphatic heterocycles. The molecule has 1 atom stereocenters. The lowest BCUT2D eigenvalue weighted by atomic mass is 10.1. The van der Waals surface area contributed by atoms with Gasteiger partial charge in [0.05, 0.1) is 19.6 Å². The molecular formula is C17H19FN2O2S. The van der Waals surface area contributed by atoms with Crippen LogP contribution in [-0.4, -0.2) is 18.0 Å². The number of rotatable bonds is 6. The van der Waals surface area contributed by atoms with Gasteiger partial charge in [0, 0.05) is 16.6 Å². The second-order valence-electron chi connectivity index (χ2n) is 5.84. The summed E-state index contributed by atoms with van der Waals surface area (Å²) in [6, 6.07) is 4.17. The first-order valence-corrected chi connectivity index (χ1v) is 8.48. The average molecular weight is 334 g/mol. The van der Waals surface area contributed by atoms with E-state index >= 15 is 0 Å². The Hall–Kier alpha value is -1.95. The molecule has 1 aliphatic rings. The summed E-state index contributed by atoms with van der Waals surface area (Å²) in [6.07, 6.45) is 2.30. The van der Waals surface area contributed by atoms with E-state index < -0.39 is 0 Å². The molecule has 2 aromatic rings. The van der Waals surface area contributed by atoms with Crippen molar-refractivity contribution >= 4 is 17.2 Å². The van der Waals surface area contributed by atoms with Gasteiger partial charge >= 0.3 is 0 Å². The number of ether oxygens (including phenoxy) is 1. The maximum Gasteiger partial charge on any atom is 0.225 e. The highest BCUT2D eigenvalue weighted by Gasteiger charge is 2.35. The Bertz CT molecular complexity index is 712. The fraction of sp³-hybridized carbons (Fsp3) is 0.412. The van der Waals surface area contributed by atoms with E-state index in [2.05, 4.69) is 10.3 Å². The van der Waals surface area contributed by atoms with Crippen molar-refractivity contribution in [2.75, 3.05) is 7.11 Å². The van der Waals surface area contributed by atoms with E-state index in [0.29, 0.717) is 17.2 Å². The molecular weight excluding hydrogens is 315 g/mol. The number of amides is 1. The van der Waals surface area contributed by atoms with Gasteiger partial charge in [0.25, 0.3) is 0 Å². The first-order valence-electron chi connectivity index (χ1n) is 7.60. The number of nitrogens with one attached hydrogen (secondary N) is 1. The molecule has 1 fully saturated rings. The molecule has 1 aromatic carbocycles. The minimum atomic E-state index is -0.372. The zero-order valence-electron chi connectivity index (χ0n) is 13.1. The summed E-state index contributed by atoms with van der Waals surface area (Å²) in [7, 11) is 1.51. The monoisotopic (exact) mass is 334 g/mol. The second kappa shape index (κ2) is 6.66. The van der Waals surface area contributed by atoms with Crippen molar-refractivity contribution < 1.29 is 13.9 Å². The molecule has 0 saturated heterocycles. The Labute approximate surface area is 138 Å². The highest BCUT2D eigenvalue weighted by Crippen LogP contribution is 2.41. The predicted molar refractivity (Wildman–Crippen MR) is 87.1 cm³/mol.